The third-order valence-corrected chi connectivity index (χ3v) is 13.1. The van der Waals surface area contributed by atoms with Crippen LogP contribution >= 0.6 is 11.3 Å². The number of thiophene rings is 1. The summed E-state index contributed by atoms with van der Waals surface area (Å²) in [5, 5.41) is 13.2. The Morgan fingerprint density at radius 3 is 2.33 bits per heavy atom. The summed E-state index contributed by atoms with van der Waals surface area (Å²) >= 11 is 0.348. The highest BCUT2D eigenvalue weighted by molar-refractivity contribution is 7.89. The molecule has 60 heavy (non-hydrogen) atoms. The number of hydrogen-bond acceptors (Lipinski definition) is 10. The lowest BCUT2D eigenvalue weighted by Crippen LogP contribution is -2.68. The predicted octanol–water partition coefficient (Wildman–Crippen LogP) is 6.93. The maximum Gasteiger partial charge on any atom is 0.425 e. The van der Waals surface area contributed by atoms with Gasteiger partial charge in [0.1, 0.15) is 22.1 Å². The molecule has 4 heterocycles. The molecule has 2 aromatic heterocycles. The van der Waals surface area contributed by atoms with E-state index < -0.39 is 85.0 Å². The Morgan fingerprint density at radius 2 is 1.70 bits per heavy atom. The molecule has 3 aromatic rings. The maximum atomic E-state index is 15.0. The molecule has 0 unspecified atom stereocenters. The lowest BCUT2D eigenvalue weighted by Gasteiger charge is -2.51. The molecular formula is C40H46F6N4O8S2. The Labute approximate surface area is 347 Å². The average molecular weight is 889 g/mol. The van der Waals surface area contributed by atoms with Gasteiger partial charge in [0.05, 0.1) is 35.0 Å². The van der Waals surface area contributed by atoms with Crippen LogP contribution in [0, 0.1) is 5.41 Å². The second-order valence-electron chi connectivity index (χ2n) is 16.0. The van der Waals surface area contributed by atoms with Crippen LogP contribution in [-0.4, -0.2) is 89.7 Å². The van der Waals surface area contributed by atoms with Gasteiger partial charge in [0, 0.05) is 49.3 Å². The van der Waals surface area contributed by atoms with Crippen LogP contribution < -0.4 is 14.2 Å². The van der Waals surface area contributed by atoms with Crippen LogP contribution in [0.1, 0.15) is 98.1 Å². The number of piperidine rings is 2. The van der Waals surface area contributed by atoms with E-state index in [0.29, 0.717) is 41.9 Å². The number of carbonyl (C=O) groups excluding carboxylic acids is 3. The molecule has 1 saturated carbocycles. The Morgan fingerprint density at radius 1 is 1.00 bits per heavy atom. The Balaban J connectivity index is 1.28. The summed E-state index contributed by atoms with van der Waals surface area (Å²) in [5.74, 6) is -2.41. The van der Waals surface area contributed by atoms with Gasteiger partial charge in [-0.3, -0.25) is 24.1 Å². The summed E-state index contributed by atoms with van der Waals surface area (Å²) < 4.78 is 122. The highest BCUT2D eigenvalue weighted by Gasteiger charge is 2.57. The van der Waals surface area contributed by atoms with Gasteiger partial charge in [-0.2, -0.15) is 26.3 Å². The molecule has 0 radical (unpaired) electrons. The largest absolute Gasteiger partial charge is 0.490 e. The zero-order valence-corrected chi connectivity index (χ0v) is 34.7. The van der Waals surface area contributed by atoms with Crippen molar-refractivity contribution in [2.24, 2.45) is 5.41 Å². The number of aliphatic hydroxyl groups is 1. The van der Waals surface area contributed by atoms with Crippen molar-refractivity contribution in [3.8, 4) is 11.5 Å². The molecule has 4 atom stereocenters. The third-order valence-electron chi connectivity index (χ3n) is 11.6. The summed E-state index contributed by atoms with van der Waals surface area (Å²) in [5.41, 5.74) is -6.35. The smallest absolute Gasteiger partial charge is 0.425 e. The number of amides is 3. The number of nitrogens with zero attached hydrogens (tertiary/aromatic N) is 3. The summed E-state index contributed by atoms with van der Waals surface area (Å²) in [6.07, 6.45) is -6.97. The average Bonchev–Trinajstić information content (AvgIpc) is 3.82. The first-order valence-corrected chi connectivity index (χ1v) is 22.2. The molecule has 3 aliphatic rings. The second-order valence-corrected chi connectivity index (χ2v) is 18.7. The zero-order chi connectivity index (χ0) is 43.9. The molecule has 0 spiro atoms. The van der Waals surface area contributed by atoms with Crippen molar-refractivity contribution < 1.29 is 63.7 Å². The fourth-order valence-corrected chi connectivity index (χ4v) is 9.87. The number of carbonyl (C=O) groups is 3. The van der Waals surface area contributed by atoms with E-state index in [1.165, 1.54) is 4.90 Å². The number of benzene rings is 1. The van der Waals surface area contributed by atoms with Gasteiger partial charge in [-0.05, 0) is 63.1 Å². The van der Waals surface area contributed by atoms with Gasteiger partial charge in [-0.25, -0.2) is 8.42 Å². The summed E-state index contributed by atoms with van der Waals surface area (Å²) in [4.78, 5) is 47.2. The number of likely N-dealkylation sites (tertiary alicyclic amines) is 2. The molecule has 2 saturated heterocycles. The minimum atomic E-state index is -4.94. The van der Waals surface area contributed by atoms with Crippen LogP contribution in [0.15, 0.2) is 54.0 Å². The van der Waals surface area contributed by atoms with Crippen LogP contribution in [0.3, 0.4) is 0 Å². The van der Waals surface area contributed by atoms with Crippen LogP contribution in [0.5, 0.6) is 11.5 Å². The van der Waals surface area contributed by atoms with E-state index in [-0.39, 0.29) is 63.9 Å². The summed E-state index contributed by atoms with van der Waals surface area (Å²) in [6.45, 7) is 3.15. The molecule has 1 aromatic carbocycles. The van der Waals surface area contributed by atoms with Crippen molar-refractivity contribution in [1.29, 1.82) is 0 Å². The minimum Gasteiger partial charge on any atom is -0.490 e. The van der Waals surface area contributed by atoms with Gasteiger partial charge < -0.3 is 24.4 Å². The standard InChI is InChI=1S/C40H46F6N4O8S2/c1-4-9-30-38(58-26-22-31(59-24-26)40(44,45)46,14-8-19-50(30)33(51)32-28(39(41,42)43)11-7-18-47-32)35(53)49-20-16-37(54,17-21-49)27-10-5-6-12-29(27)57-25-13-15-36(2,23-25)34(52)48-60(3,55)56/h5-7,10-12,18,22,24-25,30,54H,4,8-9,13-17,19-21,23H2,1-3H3,(H,48,52)/t25-,30-,36+,38+/m1/s1. The molecule has 6 rings (SSSR count). The maximum absolute atomic E-state index is 15.0. The van der Waals surface area contributed by atoms with Gasteiger partial charge in [0.15, 0.2) is 0 Å². The quantitative estimate of drug-likeness (QED) is 0.195. The highest BCUT2D eigenvalue weighted by Crippen LogP contribution is 2.46. The van der Waals surface area contributed by atoms with Crippen LogP contribution in [-0.2, 0) is 37.6 Å². The van der Waals surface area contributed by atoms with E-state index in [0.717, 1.165) is 40.9 Å². The molecule has 3 fully saturated rings. The van der Waals surface area contributed by atoms with Crippen molar-refractivity contribution >= 4 is 39.1 Å². The Hall–Kier alpha value is -4.43. The van der Waals surface area contributed by atoms with Gasteiger partial charge in [0.25, 0.3) is 11.8 Å². The number of alkyl halides is 6. The van der Waals surface area contributed by atoms with E-state index in [1.54, 1.807) is 38.1 Å². The highest BCUT2D eigenvalue weighted by atomic mass is 32.2. The Bertz CT molecular complexity index is 2190. The summed E-state index contributed by atoms with van der Waals surface area (Å²) in [7, 11) is -3.78. The molecule has 0 bridgehead atoms. The van der Waals surface area contributed by atoms with E-state index >= 15 is 4.79 Å². The van der Waals surface area contributed by atoms with E-state index in [1.807, 2.05) is 4.72 Å². The van der Waals surface area contributed by atoms with Crippen LogP contribution in [0.4, 0.5) is 26.3 Å². The number of halogens is 6. The number of nitrogens with one attached hydrogen (secondary N) is 1. The first-order valence-electron chi connectivity index (χ1n) is 19.5. The molecule has 2 aliphatic heterocycles. The zero-order valence-electron chi connectivity index (χ0n) is 33.1. The van der Waals surface area contributed by atoms with Gasteiger partial charge in [-0.1, -0.05) is 38.5 Å². The minimum absolute atomic E-state index is 0.0328. The topological polar surface area (TPSA) is 155 Å². The molecule has 12 nitrogen and oxygen atoms in total. The van der Waals surface area contributed by atoms with E-state index in [2.05, 4.69) is 4.98 Å². The fourth-order valence-electron chi connectivity index (χ4n) is 8.61. The molecule has 20 heteroatoms. The van der Waals surface area contributed by atoms with E-state index in [9.17, 15) is 49.5 Å². The number of aromatic nitrogens is 1. The van der Waals surface area contributed by atoms with E-state index in [4.69, 9.17) is 9.47 Å². The van der Waals surface area contributed by atoms with Crippen LogP contribution in [0.25, 0.3) is 0 Å². The molecule has 1 aliphatic carbocycles. The normalized spacial score (nSPS) is 24.8. The van der Waals surface area contributed by atoms with Crippen molar-refractivity contribution in [3.63, 3.8) is 0 Å². The number of ether oxygens (including phenoxy) is 2. The second kappa shape index (κ2) is 16.8. The monoisotopic (exact) mass is 888 g/mol. The van der Waals surface area contributed by atoms with Crippen LogP contribution in [0.2, 0.25) is 0 Å². The molecule has 328 valence electrons. The number of sulfonamides is 1. The SMILES string of the molecule is CCC[C@H]1N(C(=O)c2ncccc2C(F)(F)F)CCC[C@@]1(Oc1csc(C(F)(F)F)c1)C(=O)N1CCC(O)(c2ccccc2O[C@@H]2CC[C@](C)(C(=O)NS(C)(=O)=O)C2)CC1. The molecule has 2 N–H and O–H groups in total. The first-order chi connectivity index (χ1) is 28.0. The van der Waals surface area contributed by atoms with Crippen molar-refractivity contribution in [2.75, 3.05) is 25.9 Å². The first kappa shape index (κ1) is 45.1. The summed E-state index contributed by atoms with van der Waals surface area (Å²) in [6, 6.07) is 8.03. The number of rotatable bonds is 11. The lowest BCUT2D eigenvalue weighted by atomic mass is 9.78. The van der Waals surface area contributed by atoms with Gasteiger partial charge in [-0.15, -0.1) is 11.3 Å². The van der Waals surface area contributed by atoms with Gasteiger partial charge >= 0.3 is 12.4 Å². The Kier molecular flexibility index (Phi) is 12.6. The lowest BCUT2D eigenvalue weighted by molar-refractivity contribution is -0.163. The predicted molar refractivity (Wildman–Crippen MR) is 206 cm³/mol. The number of para-hydroxylation sites is 1. The van der Waals surface area contributed by atoms with Crippen molar-refractivity contribution in [2.45, 2.75) is 107 Å². The molecular weight excluding hydrogens is 843 g/mol. The van der Waals surface area contributed by atoms with Crippen molar-refractivity contribution in [1.82, 2.24) is 19.5 Å². The number of hydrogen-bond donors (Lipinski definition) is 2. The fraction of sp³-hybridized carbons (Fsp3) is 0.550. The number of pyridine rings is 1. The van der Waals surface area contributed by atoms with Crippen molar-refractivity contribution in [3.05, 3.63) is 75.7 Å². The van der Waals surface area contributed by atoms with Gasteiger partial charge in [0.2, 0.25) is 21.5 Å². The molecule has 3 amide bonds. The third kappa shape index (κ3) is 9.39.